The number of carbonyl (C=O) groups is 3. The third-order valence-corrected chi connectivity index (χ3v) is 5.41. The largest absolute Gasteiger partial charge is 0.481 e. The normalized spacial score (nSPS) is 10.7. The van der Waals surface area contributed by atoms with Crippen molar-refractivity contribution < 1.29 is 27.9 Å². The van der Waals surface area contributed by atoms with Gasteiger partial charge in [0.15, 0.2) is 0 Å². The van der Waals surface area contributed by atoms with Gasteiger partial charge in [0.1, 0.15) is 0 Å². The molecule has 1 unspecified atom stereocenters. The summed E-state index contributed by atoms with van der Waals surface area (Å²) >= 11 is 0. The van der Waals surface area contributed by atoms with Gasteiger partial charge in [0.05, 0.1) is 23.7 Å². The fraction of sp³-hybridized carbons (Fsp3) is 0.192. The highest BCUT2D eigenvalue weighted by Gasteiger charge is 2.18. The Labute approximate surface area is 227 Å². The van der Waals surface area contributed by atoms with Crippen molar-refractivity contribution in [3.8, 4) is 0 Å². The Hall–Kier alpha value is -4.91. The second-order valence-electron chi connectivity index (χ2n) is 8.12. The van der Waals surface area contributed by atoms with E-state index in [4.69, 9.17) is 16.6 Å². The van der Waals surface area contributed by atoms with Crippen LogP contribution in [0.3, 0.4) is 0 Å². The molecule has 206 valence electrons. The molecular weight excluding hydrogens is 524 g/mol. The lowest BCUT2D eigenvalue weighted by Crippen LogP contribution is -2.33. The quantitative estimate of drug-likeness (QED) is 0.214. The number of hydrogen-bond donors (Lipinski definition) is 6. The number of carboxylic acid groups (broad SMARTS) is 1. The Morgan fingerprint density at radius 1 is 0.974 bits per heavy atom. The van der Waals surface area contributed by atoms with Crippen molar-refractivity contribution >= 4 is 51.2 Å². The molecule has 1 atom stereocenters. The van der Waals surface area contributed by atoms with Gasteiger partial charge in [-0.1, -0.05) is 31.2 Å². The van der Waals surface area contributed by atoms with Crippen molar-refractivity contribution in [2.24, 2.45) is 4.36 Å². The highest BCUT2D eigenvalue weighted by molar-refractivity contribution is 7.61. The highest BCUT2D eigenvalue weighted by Crippen LogP contribution is 2.22. The summed E-state index contributed by atoms with van der Waals surface area (Å²) in [5.41, 5.74) is 13.8. The summed E-state index contributed by atoms with van der Waals surface area (Å²) in [6, 6.07) is 17.9. The fourth-order valence-corrected chi connectivity index (χ4v) is 3.53. The summed E-state index contributed by atoms with van der Waals surface area (Å²) < 4.78 is 24.7. The van der Waals surface area contributed by atoms with Crippen LogP contribution in [0.15, 0.2) is 77.2 Å². The van der Waals surface area contributed by atoms with E-state index in [9.17, 15) is 22.8 Å². The van der Waals surface area contributed by atoms with Crippen LogP contribution in [-0.2, 0) is 15.3 Å². The van der Waals surface area contributed by atoms with Gasteiger partial charge in [-0.15, -0.1) is 4.36 Å². The van der Waals surface area contributed by atoms with Gasteiger partial charge in [-0.2, -0.15) is 8.42 Å². The molecule has 0 aliphatic carbocycles. The van der Waals surface area contributed by atoms with Gasteiger partial charge < -0.3 is 32.5 Å². The summed E-state index contributed by atoms with van der Waals surface area (Å²) in [5.74, 6) is -1.22. The minimum atomic E-state index is -2.64. The van der Waals surface area contributed by atoms with Gasteiger partial charge in [0, 0.05) is 23.6 Å². The summed E-state index contributed by atoms with van der Waals surface area (Å²) in [4.78, 5) is 34.7. The number of rotatable bonds is 9. The van der Waals surface area contributed by atoms with E-state index in [0.717, 1.165) is 6.42 Å². The number of urea groups is 1. The molecule has 13 heteroatoms. The van der Waals surface area contributed by atoms with Gasteiger partial charge >= 0.3 is 22.5 Å². The zero-order valence-electron chi connectivity index (χ0n) is 21.1. The first kappa shape index (κ1) is 30.3. The highest BCUT2D eigenvalue weighted by atomic mass is 32.2. The monoisotopic (exact) mass is 554 g/mol. The summed E-state index contributed by atoms with van der Waals surface area (Å²) in [5, 5.41) is 17.0. The molecule has 0 aliphatic rings. The Morgan fingerprint density at radius 2 is 1.67 bits per heavy atom. The molecule has 3 rings (SSSR count). The van der Waals surface area contributed by atoms with Crippen molar-refractivity contribution in [3.05, 3.63) is 83.9 Å². The first-order valence-corrected chi connectivity index (χ1v) is 12.8. The molecule has 3 aromatic rings. The maximum absolute atomic E-state index is 12.2. The first-order chi connectivity index (χ1) is 18.6. The van der Waals surface area contributed by atoms with E-state index in [2.05, 4.69) is 20.3 Å². The number of benzene rings is 3. The first-order valence-electron chi connectivity index (χ1n) is 11.8. The average molecular weight is 555 g/mol. The number of carboxylic acids is 1. The van der Waals surface area contributed by atoms with Gasteiger partial charge in [-0.25, -0.2) is 4.79 Å². The lowest BCUT2D eigenvalue weighted by molar-refractivity contribution is -0.137. The maximum atomic E-state index is 12.2. The zero-order chi connectivity index (χ0) is 28.8. The number of nitrogens with two attached hydrogens (primary N) is 2. The number of para-hydroxylation sites is 1. The minimum absolute atomic E-state index is 0.0973. The number of amides is 3. The van der Waals surface area contributed by atoms with E-state index >= 15 is 0 Å². The third kappa shape index (κ3) is 10.9. The number of anilines is 3. The van der Waals surface area contributed by atoms with Gasteiger partial charge in [-0.3, -0.25) is 9.59 Å². The Kier molecular flexibility index (Phi) is 11.9. The Balaban J connectivity index is 0.000000344. The van der Waals surface area contributed by atoms with Crippen LogP contribution in [0.25, 0.3) is 0 Å². The lowest BCUT2D eigenvalue weighted by atomic mass is 10.0. The van der Waals surface area contributed by atoms with Crippen LogP contribution >= 0.6 is 0 Å². The van der Waals surface area contributed by atoms with Crippen LogP contribution in [0.4, 0.5) is 27.5 Å². The van der Waals surface area contributed by atoms with Crippen molar-refractivity contribution in [2.45, 2.75) is 25.8 Å². The number of nitrogens with one attached hydrogen (secondary N) is 3. The molecular formula is C26H30N6O6S. The molecule has 0 aromatic heterocycles. The molecule has 39 heavy (non-hydrogen) atoms. The molecule has 0 aliphatic heterocycles. The van der Waals surface area contributed by atoms with Gasteiger partial charge in [0.25, 0.3) is 5.91 Å². The van der Waals surface area contributed by atoms with Crippen LogP contribution in [0, 0.1) is 0 Å². The number of nitrogens with zero attached hydrogens (tertiary/aromatic N) is 1. The van der Waals surface area contributed by atoms with Crippen molar-refractivity contribution in [1.29, 1.82) is 0 Å². The van der Waals surface area contributed by atoms with E-state index in [1.807, 2.05) is 13.0 Å². The molecule has 12 nitrogen and oxygen atoms in total. The zero-order valence-corrected chi connectivity index (χ0v) is 21.9. The third-order valence-electron chi connectivity index (χ3n) is 5.05. The van der Waals surface area contributed by atoms with Crippen LogP contribution in [0.1, 0.15) is 41.7 Å². The molecule has 3 aromatic carbocycles. The van der Waals surface area contributed by atoms with Gasteiger partial charge in [-0.05, 0) is 60.5 Å². The van der Waals surface area contributed by atoms with E-state index < -0.39 is 28.5 Å². The number of aliphatic carboxylic acids is 1. The molecule has 0 radical (unpaired) electrons. The van der Waals surface area contributed by atoms with Crippen molar-refractivity contribution in [2.75, 3.05) is 23.3 Å². The minimum Gasteiger partial charge on any atom is -0.481 e. The molecule has 0 saturated carbocycles. The predicted octanol–water partition coefficient (Wildman–Crippen LogP) is 3.71. The molecule has 0 heterocycles. The number of carbonyl (C=O) groups excluding carboxylic acids is 2. The summed E-state index contributed by atoms with van der Waals surface area (Å²) in [7, 11) is -2.64. The molecule has 0 bridgehead atoms. The van der Waals surface area contributed by atoms with E-state index in [1.165, 1.54) is 18.2 Å². The van der Waals surface area contributed by atoms with Crippen LogP contribution in [0.5, 0.6) is 0 Å². The predicted molar refractivity (Wildman–Crippen MR) is 149 cm³/mol. The molecule has 3 amide bonds. The van der Waals surface area contributed by atoms with Crippen LogP contribution in [0.2, 0.25) is 0 Å². The average Bonchev–Trinajstić information content (AvgIpc) is 2.88. The molecule has 0 spiro atoms. The smallest absolute Gasteiger partial charge is 0.319 e. The molecule has 0 saturated heterocycles. The number of hydrogen-bond acceptors (Lipinski definition) is 8. The maximum Gasteiger partial charge on any atom is 0.319 e. The summed E-state index contributed by atoms with van der Waals surface area (Å²) in [6.07, 6.45) is 0.539. The van der Waals surface area contributed by atoms with Crippen molar-refractivity contribution in [3.63, 3.8) is 0 Å². The Morgan fingerprint density at radius 3 is 2.28 bits per heavy atom. The topological polar surface area (TPSA) is 206 Å². The second-order valence-corrected chi connectivity index (χ2v) is 8.73. The Bertz CT molecular complexity index is 1420. The lowest BCUT2D eigenvalue weighted by Gasteiger charge is -2.18. The van der Waals surface area contributed by atoms with Crippen LogP contribution in [-0.4, -0.2) is 38.0 Å². The second kappa shape index (κ2) is 15.4. The standard InChI is InChI=1S/C16H16N4O5S.C10H14N2O/c17-11-4-6-12(7-5-11)18-16(23)19-14(9-15(21)22)10-2-1-3-13(8-10)20-26(24)25;1-2-7-12-10(13)8-5-3-4-6-9(8)11/h1-8,14H,9,17H2,(H,21,22)(H2,18,19,23);3-6H,2,7,11H2,1H3,(H,12,13). The van der Waals surface area contributed by atoms with Crippen molar-refractivity contribution in [1.82, 2.24) is 10.6 Å². The van der Waals surface area contributed by atoms with Gasteiger partial charge in [0.2, 0.25) is 0 Å². The SMILES string of the molecule is CCCNC(=O)c1ccccc1N.Nc1ccc(NC(=O)NC(CC(=O)O)c2cccc(N=S(=O)=O)c2)cc1. The van der Waals surface area contributed by atoms with E-state index in [-0.39, 0.29) is 18.0 Å². The summed E-state index contributed by atoms with van der Waals surface area (Å²) in [6.45, 7) is 2.70. The van der Waals surface area contributed by atoms with E-state index in [0.29, 0.717) is 34.7 Å². The van der Waals surface area contributed by atoms with E-state index in [1.54, 1.807) is 48.5 Å². The van der Waals surface area contributed by atoms with Crippen LogP contribution < -0.4 is 27.4 Å². The molecule has 8 N–H and O–H groups in total. The number of nitrogen functional groups attached to an aromatic ring is 2. The molecule has 0 fully saturated rings. The fourth-order valence-electron chi connectivity index (χ4n) is 3.24.